The summed E-state index contributed by atoms with van der Waals surface area (Å²) in [5, 5.41) is 30.2. The number of carbonyl (C=O) groups excluding carboxylic acids is 4. The molecule has 3 aromatic carbocycles. The van der Waals surface area contributed by atoms with Crippen molar-refractivity contribution in [2.24, 2.45) is 9.98 Å². The first-order valence-corrected chi connectivity index (χ1v) is 32.1. The maximum atomic E-state index is 15.3. The van der Waals surface area contributed by atoms with Crippen LogP contribution in [0.5, 0.6) is 11.5 Å². The Kier molecular flexibility index (Phi) is 19.6. The van der Waals surface area contributed by atoms with Gasteiger partial charge in [-0.05, 0) is 76.2 Å². The van der Waals surface area contributed by atoms with Gasteiger partial charge in [-0.2, -0.15) is 0 Å². The lowest BCUT2D eigenvalue weighted by Crippen LogP contribution is -2.53. The minimum Gasteiger partial charge on any atom is -0.478 e. The van der Waals surface area contributed by atoms with E-state index < -0.39 is 64.6 Å². The second-order valence-electron chi connectivity index (χ2n) is 23.5. The fourth-order valence-electron chi connectivity index (χ4n) is 11.6. The molecule has 9 heterocycles. The summed E-state index contributed by atoms with van der Waals surface area (Å²) in [7, 11) is 2.55. The van der Waals surface area contributed by atoms with Crippen LogP contribution >= 0.6 is 45.9 Å². The third-order valence-electron chi connectivity index (χ3n) is 16.5. The molecule has 12 rings (SSSR count). The standard InChI is InChI=1S/C32H31ClF2N6O6S.C31H31ClFN7O6S/c1-32(2,30(43)44)47-19-5-7-24(22(35)13-19)41-15-18-14-39(9-10-40(18)31(41)45)16-23-25(29(42)46-3)26(20-6-4-17(34)12-21(20)33)38-27(37-23)28-36-8-11-48-28;1-31(2,29(42)43)46-19-5-7-23(35-13-19)40-15-18-14-38(9-10-39(18)30(40)44)16-22-24(28(41)45-3)25(20-6-4-17(33)12-21(20)32)37-26(36-22)27-34-8-11-47-27/h4-8,11-13,18,26H,9-10,14-16H2,1-3H3,(H,37,38)(H,43,44);4-8,11-13,18,25H,9-10,14-16H2,1-3H3,(H,36,37)(H,42,43)/t18-,26-;18-,25-/m00/s1. The molecule has 4 atom stereocenters. The van der Waals surface area contributed by atoms with Crippen molar-refractivity contribution < 1.29 is 71.1 Å². The molecule has 0 spiro atoms. The fourth-order valence-corrected chi connectivity index (χ4v) is 13.4. The second kappa shape index (κ2) is 27.6. The summed E-state index contributed by atoms with van der Waals surface area (Å²) in [6.45, 7) is 9.35. The zero-order chi connectivity index (χ0) is 67.8. The molecule has 3 aromatic heterocycles. The number of carboxylic acids is 2. The van der Waals surface area contributed by atoms with Gasteiger partial charge in [-0.15, -0.1) is 22.7 Å². The Morgan fingerprint density at radius 3 is 1.49 bits per heavy atom. The number of aromatic nitrogens is 3. The average Bonchev–Trinajstić information content (AvgIpc) is 1.76. The van der Waals surface area contributed by atoms with E-state index in [1.54, 1.807) is 44.6 Å². The first kappa shape index (κ1) is 67.2. The van der Waals surface area contributed by atoms with Crippen LogP contribution in [0.1, 0.15) is 60.9 Å². The number of rotatable bonds is 18. The van der Waals surface area contributed by atoms with Crippen molar-refractivity contribution in [3.8, 4) is 11.5 Å². The van der Waals surface area contributed by atoms with E-state index in [0.717, 1.165) is 12.1 Å². The summed E-state index contributed by atoms with van der Waals surface area (Å²) in [4.78, 5) is 110. The molecule has 4 fully saturated rings. The number of nitrogens with zero attached hydrogens (tertiary/aromatic N) is 11. The quantitative estimate of drug-likeness (QED) is 0.0590. The molecule has 0 aliphatic carbocycles. The van der Waals surface area contributed by atoms with E-state index in [1.807, 2.05) is 5.38 Å². The third kappa shape index (κ3) is 14.3. The molecule has 0 saturated carbocycles. The van der Waals surface area contributed by atoms with Gasteiger partial charge in [0.25, 0.3) is 0 Å². The van der Waals surface area contributed by atoms with E-state index in [1.165, 1.54) is 118 Å². The maximum absolute atomic E-state index is 15.3. The van der Waals surface area contributed by atoms with E-state index in [9.17, 15) is 47.8 Å². The van der Waals surface area contributed by atoms with E-state index in [-0.39, 0.29) is 75.6 Å². The Balaban J connectivity index is 0.000000193. The number of nitrogens with one attached hydrogen (secondary N) is 2. The number of amidine groups is 2. The van der Waals surface area contributed by atoms with Crippen LogP contribution in [0.25, 0.3) is 0 Å². The minimum absolute atomic E-state index is 0.0229. The van der Waals surface area contributed by atoms with Gasteiger partial charge in [-0.1, -0.05) is 35.3 Å². The minimum atomic E-state index is -1.57. The first-order chi connectivity index (χ1) is 45.3. The number of aliphatic imine (C=N–C) groups is 2. The summed E-state index contributed by atoms with van der Waals surface area (Å²) in [6, 6.07) is 12.2. The largest absolute Gasteiger partial charge is 0.478 e. The molecule has 4 N–H and O–H groups in total. The predicted octanol–water partition coefficient (Wildman–Crippen LogP) is 8.18. The highest BCUT2D eigenvalue weighted by Gasteiger charge is 2.46. The summed E-state index contributed by atoms with van der Waals surface area (Å²) in [6.07, 6.45) is 4.68. The van der Waals surface area contributed by atoms with Crippen molar-refractivity contribution in [3.05, 3.63) is 167 Å². The molecule has 32 heteroatoms. The highest BCUT2D eigenvalue weighted by molar-refractivity contribution is 7.12. The fraction of sp³-hybridized carbons (Fsp3) is 0.349. The molecule has 4 saturated heterocycles. The number of hydrogen-bond acceptors (Lipinski definition) is 21. The van der Waals surface area contributed by atoms with Gasteiger partial charge in [0.15, 0.2) is 38.7 Å². The molecule has 6 aliphatic rings. The van der Waals surface area contributed by atoms with Crippen molar-refractivity contribution in [1.29, 1.82) is 0 Å². The summed E-state index contributed by atoms with van der Waals surface area (Å²) < 4.78 is 64.6. The number of ether oxygens (including phenoxy) is 4. The summed E-state index contributed by atoms with van der Waals surface area (Å²) >= 11 is 15.7. The molecule has 6 aromatic rings. The van der Waals surface area contributed by atoms with Crippen LogP contribution in [0.3, 0.4) is 0 Å². The number of carboxylic acid groups (broad SMARTS) is 2. The smallest absolute Gasteiger partial charge is 0.347 e. The van der Waals surface area contributed by atoms with Gasteiger partial charge in [0, 0.05) is 121 Å². The molecule has 6 aliphatic heterocycles. The first-order valence-electron chi connectivity index (χ1n) is 29.5. The highest BCUT2D eigenvalue weighted by Crippen LogP contribution is 2.40. The molecular weight excluding hydrogens is 1320 g/mol. The number of carbonyl (C=O) groups is 6. The van der Waals surface area contributed by atoms with E-state index >= 15 is 4.39 Å². The second-order valence-corrected chi connectivity index (χ2v) is 26.1. The van der Waals surface area contributed by atoms with Crippen LogP contribution in [0.15, 0.2) is 129 Å². The number of esters is 2. The van der Waals surface area contributed by atoms with Crippen molar-refractivity contribution in [2.75, 3.05) is 89.5 Å². The molecule has 95 heavy (non-hydrogen) atoms. The summed E-state index contributed by atoms with van der Waals surface area (Å²) in [5.41, 5.74) is -0.626. The van der Waals surface area contributed by atoms with Crippen molar-refractivity contribution in [2.45, 2.75) is 63.1 Å². The molecular formula is C63H62Cl2F3N13O12S2. The average molecular weight is 1390 g/mol. The zero-order valence-electron chi connectivity index (χ0n) is 51.7. The van der Waals surface area contributed by atoms with Crippen LogP contribution in [0, 0.1) is 17.5 Å². The lowest BCUT2D eigenvalue weighted by molar-refractivity contribution is -0.152. The SMILES string of the molecule is COC(=O)C1=C(CN2CCN3C(=O)N(c4ccc(OC(C)(C)C(=O)O)cc4F)C[C@@H]3C2)NC(c2nccs2)=N[C@H]1c1ccc(F)cc1Cl.COC(=O)C1=C(CN2CCN3C(=O)N(c4ccc(OC(C)(C)C(=O)O)cn4)C[C@@H]3C2)NC(c2nccs2)=N[C@H]1c1ccc(F)cc1Cl. The van der Waals surface area contributed by atoms with Gasteiger partial charge in [0.1, 0.15) is 41.0 Å². The lowest BCUT2D eigenvalue weighted by Gasteiger charge is -2.38. The van der Waals surface area contributed by atoms with Crippen molar-refractivity contribution in [3.63, 3.8) is 0 Å². The van der Waals surface area contributed by atoms with Crippen LogP contribution < -0.4 is 29.9 Å². The zero-order valence-corrected chi connectivity index (χ0v) is 54.9. The van der Waals surface area contributed by atoms with Gasteiger partial charge in [-0.25, -0.2) is 56.9 Å². The van der Waals surface area contributed by atoms with E-state index in [2.05, 4.69) is 35.4 Å². The van der Waals surface area contributed by atoms with Gasteiger partial charge in [0.05, 0.1) is 55.9 Å². The number of thiazole rings is 2. The molecule has 0 bridgehead atoms. The topological polar surface area (TPSA) is 287 Å². The Morgan fingerprint density at radius 1 is 0.611 bits per heavy atom. The molecule has 498 valence electrons. The monoisotopic (exact) mass is 1380 g/mol. The van der Waals surface area contributed by atoms with Crippen LogP contribution in [0.4, 0.5) is 34.3 Å². The Bertz CT molecular complexity index is 4130. The number of urea groups is 2. The number of hydrogen-bond donors (Lipinski definition) is 4. The van der Waals surface area contributed by atoms with Crippen LogP contribution in [-0.2, 0) is 28.7 Å². The Morgan fingerprint density at radius 2 is 1.07 bits per heavy atom. The number of anilines is 2. The maximum Gasteiger partial charge on any atom is 0.347 e. The number of benzene rings is 3. The van der Waals surface area contributed by atoms with E-state index in [0.29, 0.717) is 102 Å². The number of halogens is 5. The number of pyridine rings is 1. The predicted molar refractivity (Wildman–Crippen MR) is 345 cm³/mol. The normalized spacial score (nSPS) is 20.0. The summed E-state index contributed by atoms with van der Waals surface area (Å²) in [5.74, 6) is -3.77. The van der Waals surface area contributed by atoms with Gasteiger partial charge >= 0.3 is 35.9 Å². The van der Waals surface area contributed by atoms with Gasteiger partial charge in [-0.3, -0.25) is 29.6 Å². The third-order valence-corrected chi connectivity index (χ3v) is 18.7. The van der Waals surface area contributed by atoms with Gasteiger partial charge in [0.2, 0.25) is 0 Å². The molecule has 0 unspecified atom stereocenters. The number of aliphatic carboxylic acids is 2. The van der Waals surface area contributed by atoms with E-state index in [4.69, 9.17) is 52.1 Å². The van der Waals surface area contributed by atoms with Crippen molar-refractivity contribution >= 4 is 105 Å². The van der Waals surface area contributed by atoms with Crippen molar-refractivity contribution in [1.82, 2.24) is 45.2 Å². The molecule has 4 amide bonds. The lowest BCUT2D eigenvalue weighted by atomic mass is 9.95. The molecule has 0 radical (unpaired) electrons. The Hall–Kier alpha value is -9.20. The Labute approximate surface area is 559 Å². The number of fused-ring (bicyclic) bond motifs is 2. The van der Waals surface area contributed by atoms with Gasteiger partial charge < -0.3 is 49.6 Å². The van der Waals surface area contributed by atoms with Crippen LogP contribution in [-0.4, -0.2) is 195 Å². The molecule has 25 nitrogen and oxygen atoms in total. The number of piperazine rings is 2. The number of methoxy groups -OCH3 is 2. The number of amides is 4. The van der Waals surface area contributed by atoms with Crippen LogP contribution in [0.2, 0.25) is 10.0 Å². The highest BCUT2D eigenvalue weighted by atomic mass is 35.5.